The minimum absolute atomic E-state index is 0.0346. The highest BCUT2D eigenvalue weighted by molar-refractivity contribution is 6.24. The SMILES string of the molecule is CC(C)=CCC/C(C)=C/CC12OC1C(=O)c1c(cc(O)c(C)c1O)C2=O. The van der Waals surface area contributed by atoms with Crippen LogP contribution in [0.25, 0.3) is 0 Å². The fourth-order valence-corrected chi connectivity index (χ4v) is 3.42. The van der Waals surface area contributed by atoms with E-state index >= 15 is 0 Å². The van der Waals surface area contributed by atoms with Crippen molar-refractivity contribution in [1.29, 1.82) is 0 Å². The molecule has 1 fully saturated rings. The monoisotopic (exact) mass is 356 g/mol. The molecule has 1 saturated heterocycles. The van der Waals surface area contributed by atoms with Gasteiger partial charge < -0.3 is 14.9 Å². The Morgan fingerprint density at radius 2 is 1.92 bits per heavy atom. The molecule has 1 aromatic rings. The number of carbonyl (C=O) groups is 2. The molecule has 138 valence electrons. The van der Waals surface area contributed by atoms with E-state index in [4.69, 9.17) is 4.74 Å². The highest BCUT2D eigenvalue weighted by Crippen LogP contribution is 2.51. The molecular formula is C21H24O5. The predicted octanol–water partition coefficient (Wildman–Crippen LogP) is 4.01. The molecule has 3 rings (SSSR count). The zero-order valence-corrected chi connectivity index (χ0v) is 15.5. The Kier molecular flexibility index (Phi) is 4.53. The van der Waals surface area contributed by atoms with E-state index < -0.39 is 17.5 Å². The number of ketones is 2. The van der Waals surface area contributed by atoms with Crippen molar-refractivity contribution in [3.05, 3.63) is 46.1 Å². The summed E-state index contributed by atoms with van der Waals surface area (Å²) in [5, 5.41) is 20.1. The van der Waals surface area contributed by atoms with Crippen molar-refractivity contribution in [2.45, 2.75) is 58.7 Å². The number of phenols is 2. The van der Waals surface area contributed by atoms with Crippen molar-refractivity contribution in [3.8, 4) is 11.5 Å². The number of fused-ring (bicyclic) bond motifs is 2. The lowest BCUT2D eigenvalue weighted by Gasteiger charge is -2.20. The van der Waals surface area contributed by atoms with Crippen molar-refractivity contribution in [2.75, 3.05) is 0 Å². The molecule has 1 aliphatic carbocycles. The molecule has 2 atom stereocenters. The van der Waals surface area contributed by atoms with E-state index in [2.05, 4.69) is 19.9 Å². The number of hydrogen-bond acceptors (Lipinski definition) is 5. The molecule has 0 spiro atoms. The smallest absolute Gasteiger partial charge is 0.199 e. The summed E-state index contributed by atoms with van der Waals surface area (Å²) in [7, 11) is 0. The zero-order chi connectivity index (χ0) is 19.2. The van der Waals surface area contributed by atoms with Gasteiger partial charge in [0.15, 0.2) is 23.3 Å². The first-order chi connectivity index (χ1) is 12.2. The Labute approximate surface area is 153 Å². The van der Waals surface area contributed by atoms with E-state index in [1.807, 2.05) is 13.0 Å². The molecule has 1 aromatic carbocycles. The second-order valence-electron chi connectivity index (χ2n) is 7.45. The Balaban J connectivity index is 1.85. The maximum Gasteiger partial charge on any atom is 0.199 e. The number of aromatic hydroxyl groups is 2. The number of Topliss-reactive ketones (excluding diaryl/α,β-unsaturated/α-hetero) is 2. The van der Waals surface area contributed by atoms with Crippen LogP contribution in [0.1, 0.15) is 66.3 Å². The van der Waals surface area contributed by atoms with E-state index in [1.54, 1.807) is 0 Å². The molecule has 0 bridgehead atoms. The second-order valence-corrected chi connectivity index (χ2v) is 7.45. The van der Waals surface area contributed by atoms with Gasteiger partial charge in [-0.3, -0.25) is 9.59 Å². The molecule has 2 unspecified atom stereocenters. The van der Waals surface area contributed by atoms with Gasteiger partial charge in [-0.25, -0.2) is 0 Å². The number of ether oxygens (including phenoxy) is 1. The summed E-state index contributed by atoms with van der Waals surface area (Å²) >= 11 is 0. The third-order valence-corrected chi connectivity index (χ3v) is 5.18. The summed E-state index contributed by atoms with van der Waals surface area (Å²) in [4.78, 5) is 25.6. The second kappa shape index (κ2) is 6.40. The largest absolute Gasteiger partial charge is 0.508 e. The Hall–Kier alpha value is -2.40. The van der Waals surface area contributed by atoms with Crippen molar-refractivity contribution in [3.63, 3.8) is 0 Å². The van der Waals surface area contributed by atoms with Gasteiger partial charge in [-0.05, 0) is 46.6 Å². The molecule has 1 heterocycles. The molecule has 1 aliphatic heterocycles. The lowest BCUT2D eigenvalue weighted by Crippen LogP contribution is -2.36. The number of epoxide rings is 1. The van der Waals surface area contributed by atoms with Crippen LogP contribution in [0, 0.1) is 6.92 Å². The van der Waals surface area contributed by atoms with Crippen LogP contribution < -0.4 is 0 Å². The zero-order valence-electron chi connectivity index (χ0n) is 15.5. The van der Waals surface area contributed by atoms with Crippen LogP contribution in [-0.4, -0.2) is 33.5 Å². The number of rotatable bonds is 5. The van der Waals surface area contributed by atoms with E-state index in [-0.39, 0.29) is 34.0 Å². The standard InChI is InChI=1S/C21H24O5/c1-11(2)6-5-7-12(3)8-9-21-19(25)14-10-15(22)13(4)17(23)16(14)18(24)20(21)26-21/h6,8,10,20,22-23H,5,7,9H2,1-4H3/b12-8+. The molecule has 0 radical (unpaired) electrons. The first kappa shape index (κ1) is 18.4. The predicted molar refractivity (Wildman–Crippen MR) is 97.8 cm³/mol. The average Bonchev–Trinajstić information content (AvgIpc) is 3.32. The van der Waals surface area contributed by atoms with Gasteiger partial charge in [0.05, 0.1) is 5.56 Å². The molecule has 0 aromatic heterocycles. The highest BCUT2D eigenvalue weighted by atomic mass is 16.6. The van der Waals surface area contributed by atoms with Gasteiger partial charge in [0.2, 0.25) is 0 Å². The lowest BCUT2D eigenvalue weighted by molar-refractivity contribution is 0.0860. The topological polar surface area (TPSA) is 87.1 Å². The Bertz CT molecular complexity index is 858. The number of phenolic OH excluding ortho intramolecular Hbond substituents is 2. The maximum absolute atomic E-state index is 12.9. The van der Waals surface area contributed by atoms with Crippen molar-refractivity contribution in [1.82, 2.24) is 0 Å². The van der Waals surface area contributed by atoms with Gasteiger partial charge in [-0.15, -0.1) is 0 Å². The molecule has 0 saturated carbocycles. The van der Waals surface area contributed by atoms with Crippen molar-refractivity contribution < 1.29 is 24.5 Å². The molecule has 2 aliphatic rings. The van der Waals surface area contributed by atoms with Gasteiger partial charge in [0, 0.05) is 17.5 Å². The van der Waals surface area contributed by atoms with Gasteiger partial charge in [-0.2, -0.15) is 0 Å². The van der Waals surface area contributed by atoms with E-state index in [0.717, 1.165) is 18.4 Å². The van der Waals surface area contributed by atoms with Crippen LogP contribution in [0.2, 0.25) is 0 Å². The van der Waals surface area contributed by atoms with Gasteiger partial charge >= 0.3 is 0 Å². The van der Waals surface area contributed by atoms with Crippen molar-refractivity contribution in [2.24, 2.45) is 0 Å². The number of allylic oxidation sites excluding steroid dienone is 3. The van der Waals surface area contributed by atoms with Gasteiger partial charge in [0.1, 0.15) is 11.5 Å². The van der Waals surface area contributed by atoms with Crippen LogP contribution in [0.15, 0.2) is 29.4 Å². The lowest BCUT2D eigenvalue weighted by atomic mass is 9.78. The van der Waals surface area contributed by atoms with Gasteiger partial charge in [-0.1, -0.05) is 23.3 Å². The molecule has 0 amide bonds. The number of benzene rings is 1. The third-order valence-electron chi connectivity index (χ3n) is 5.18. The summed E-state index contributed by atoms with van der Waals surface area (Å²) in [5.41, 5.74) is 1.41. The Morgan fingerprint density at radius 1 is 1.23 bits per heavy atom. The first-order valence-electron chi connectivity index (χ1n) is 8.80. The van der Waals surface area contributed by atoms with E-state index in [0.29, 0.717) is 6.42 Å². The van der Waals surface area contributed by atoms with Crippen LogP contribution in [0.5, 0.6) is 11.5 Å². The number of carbonyl (C=O) groups excluding carboxylic acids is 2. The molecule has 26 heavy (non-hydrogen) atoms. The summed E-state index contributed by atoms with van der Waals surface area (Å²) < 4.78 is 5.55. The third kappa shape index (κ3) is 2.86. The normalized spacial score (nSPS) is 24.2. The van der Waals surface area contributed by atoms with Crippen molar-refractivity contribution >= 4 is 11.6 Å². The molecule has 5 nitrogen and oxygen atoms in total. The summed E-state index contributed by atoms with van der Waals surface area (Å²) in [6, 6.07) is 1.26. The van der Waals surface area contributed by atoms with Gasteiger partial charge in [0.25, 0.3) is 0 Å². The minimum Gasteiger partial charge on any atom is -0.508 e. The van der Waals surface area contributed by atoms with E-state index in [9.17, 15) is 19.8 Å². The maximum atomic E-state index is 12.9. The fourth-order valence-electron chi connectivity index (χ4n) is 3.42. The first-order valence-corrected chi connectivity index (χ1v) is 8.80. The number of hydrogen-bond donors (Lipinski definition) is 2. The molecular weight excluding hydrogens is 332 g/mol. The summed E-state index contributed by atoms with van der Waals surface area (Å²) in [6.45, 7) is 7.60. The summed E-state index contributed by atoms with van der Waals surface area (Å²) in [5.74, 6) is -1.28. The van der Waals surface area contributed by atoms with Crippen LogP contribution >= 0.6 is 0 Å². The summed E-state index contributed by atoms with van der Waals surface area (Å²) in [6.07, 6.45) is 5.38. The molecule has 2 N–H and O–H groups in total. The Morgan fingerprint density at radius 3 is 2.58 bits per heavy atom. The fraction of sp³-hybridized carbons (Fsp3) is 0.429. The quantitative estimate of drug-likeness (QED) is 0.615. The molecule has 5 heteroatoms. The average molecular weight is 356 g/mol. The highest BCUT2D eigenvalue weighted by Gasteiger charge is 2.68. The van der Waals surface area contributed by atoms with Crippen LogP contribution in [0.4, 0.5) is 0 Å². The van der Waals surface area contributed by atoms with E-state index in [1.165, 1.54) is 18.6 Å². The minimum atomic E-state index is -1.18. The van der Waals surface area contributed by atoms with Crippen LogP contribution in [-0.2, 0) is 4.74 Å². The van der Waals surface area contributed by atoms with Crippen LogP contribution in [0.3, 0.4) is 0 Å².